The lowest BCUT2D eigenvalue weighted by Gasteiger charge is -2.30. The Morgan fingerprint density at radius 3 is 2.15 bits per heavy atom. The van der Waals surface area contributed by atoms with Gasteiger partial charge in [0.2, 0.25) is 0 Å². The van der Waals surface area contributed by atoms with Gasteiger partial charge in [0.05, 0.1) is 17.1 Å². The average molecular weight is 577 g/mol. The molecule has 0 spiro atoms. The van der Waals surface area contributed by atoms with Gasteiger partial charge in [-0.1, -0.05) is 24.3 Å². The van der Waals surface area contributed by atoms with E-state index in [0.717, 1.165) is 52.9 Å². The summed E-state index contributed by atoms with van der Waals surface area (Å²) in [6.07, 6.45) is 7.70. The SMILES string of the molecule is CNC.CNc1ccc2c(c1)C(N(/N=C(\C)C=O)c1ccc(SC)cc1)=C(C)CC2.CSc1ccccc1C=O. The lowest BCUT2D eigenvalue weighted by Crippen LogP contribution is -2.22. The fourth-order valence-electron chi connectivity index (χ4n) is 4.04. The maximum absolute atomic E-state index is 11.3. The Kier molecular flexibility index (Phi) is 14.3. The summed E-state index contributed by atoms with van der Waals surface area (Å²) >= 11 is 3.30. The van der Waals surface area contributed by atoms with E-state index in [1.165, 1.54) is 21.6 Å². The van der Waals surface area contributed by atoms with Gasteiger partial charge in [-0.2, -0.15) is 5.10 Å². The zero-order valence-corrected chi connectivity index (χ0v) is 26.1. The zero-order chi connectivity index (χ0) is 29.5. The summed E-state index contributed by atoms with van der Waals surface area (Å²) in [5, 5.41) is 12.5. The number of thioether (sulfide) groups is 2. The van der Waals surface area contributed by atoms with Gasteiger partial charge in [0.1, 0.15) is 0 Å². The van der Waals surface area contributed by atoms with Crippen LogP contribution in [0.4, 0.5) is 11.4 Å². The Morgan fingerprint density at radius 2 is 1.60 bits per heavy atom. The highest BCUT2D eigenvalue weighted by Gasteiger charge is 2.23. The smallest absolute Gasteiger partial charge is 0.165 e. The number of nitrogens with one attached hydrogen (secondary N) is 2. The van der Waals surface area contributed by atoms with Crippen LogP contribution in [-0.2, 0) is 11.2 Å². The third-order valence-electron chi connectivity index (χ3n) is 6.05. The molecule has 0 saturated carbocycles. The molecule has 0 bridgehead atoms. The van der Waals surface area contributed by atoms with E-state index in [4.69, 9.17) is 0 Å². The third kappa shape index (κ3) is 9.11. The second kappa shape index (κ2) is 17.4. The topological polar surface area (TPSA) is 73.8 Å². The number of aryl methyl sites for hydroxylation is 1. The van der Waals surface area contributed by atoms with Crippen LogP contribution in [0.5, 0.6) is 0 Å². The number of aldehydes is 2. The highest BCUT2D eigenvalue weighted by molar-refractivity contribution is 7.98. The molecular weight excluding hydrogens is 537 g/mol. The number of allylic oxidation sites excluding steroid dienone is 1. The Balaban J connectivity index is 0.000000358. The van der Waals surface area contributed by atoms with Gasteiger partial charge in [-0.3, -0.25) is 9.59 Å². The summed E-state index contributed by atoms with van der Waals surface area (Å²) in [6.45, 7) is 3.89. The lowest BCUT2D eigenvalue weighted by molar-refractivity contribution is -0.102. The molecule has 212 valence electrons. The molecule has 0 atom stereocenters. The highest BCUT2D eigenvalue weighted by atomic mass is 32.2. The average Bonchev–Trinajstić information content (AvgIpc) is 3.00. The Hall–Kier alpha value is -3.33. The molecule has 3 aromatic carbocycles. The summed E-state index contributed by atoms with van der Waals surface area (Å²) in [5.74, 6) is 0. The zero-order valence-electron chi connectivity index (χ0n) is 24.4. The van der Waals surface area contributed by atoms with Gasteiger partial charge in [0.25, 0.3) is 0 Å². The minimum atomic E-state index is 0.445. The van der Waals surface area contributed by atoms with Crippen LogP contribution < -0.4 is 15.6 Å². The molecular formula is C32H40N4O2S2. The van der Waals surface area contributed by atoms with Gasteiger partial charge >= 0.3 is 0 Å². The standard InChI is InChI=1S/C22H25N3OS.C8H8OS.C2H7N/c1-15-5-6-17-7-8-18(23-3)13-21(17)22(15)25(24-16(2)14-26)19-9-11-20(27-4)12-10-19;1-10-8-5-3-2-4-7(8)6-9;1-3-2/h7-14,23H,5-6H2,1-4H3;2-6H,1H3;3H,1-2H3/b24-16+;;. The van der Waals surface area contributed by atoms with Gasteiger partial charge in [0.15, 0.2) is 12.6 Å². The van der Waals surface area contributed by atoms with Crippen LogP contribution in [0.25, 0.3) is 5.70 Å². The van der Waals surface area contributed by atoms with Crippen molar-refractivity contribution in [1.82, 2.24) is 5.32 Å². The molecule has 3 aromatic rings. The van der Waals surface area contributed by atoms with E-state index in [9.17, 15) is 9.59 Å². The van der Waals surface area contributed by atoms with Crippen molar-refractivity contribution in [3.05, 3.63) is 89.0 Å². The maximum Gasteiger partial charge on any atom is 0.165 e. The second-order valence-electron chi connectivity index (χ2n) is 8.98. The number of carbonyl (C=O) groups is 2. The molecule has 0 fully saturated rings. The van der Waals surface area contributed by atoms with E-state index in [-0.39, 0.29) is 0 Å². The maximum atomic E-state index is 11.3. The molecule has 40 heavy (non-hydrogen) atoms. The van der Waals surface area contributed by atoms with Gasteiger partial charge in [-0.15, -0.1) is 23.5 Å². The van der Waals surface area contributed by atoms with Crippen molar-refractivity contribution < 1.29 is 9.59 Å². The molecule has 2 N–H and O–H groups in total. The van der Waals surface area contributed by atoms with Crippen molar-refractivity contribution in [2.45, 2.75) is 36.5 Å². The summed E-state index contributed by atoms with van der Waals surface area (Å²) < 4.78 is 0. The molecule has 0 aliphatic heterocycles. The van der Waals surface area contributed by atoms with Crippen LogP contribution in [-0.4, -0.2) is 51.9 Å². The highest BCUT2D eigenvalue weighted by Crippen LogP contribution is 2.38. The second-order valence-corrected chi connectivity index (χ2v) is 10.7. The van der Waals surface area contributed by atoms with Crippen molar-refractivity contribution in [2.24, 2.45) is 5.10 Å². The monoisotopic (exact) mass is 576 g/mol. The Bertz CT molecular complexity index is 1320. The van der Waals surface area contributed by atoms with Crippen molar-refractivity contribution in [3.63, 3.8) is 0 Å². The molecule has 0 radical (unpaired) electrons. The van der Waals surface area contributed by atoms with Crippen LogP contribution in [0, 0.1) is 0 Å². The minimum Gasteiger partial charge on any atom is -0.388 e. The molecule has 0 aromatic heterocycles. The summed E-state index contributed by atoms with van der Waals surface area (Å²) in [7, 11) is 5.67. The largest absolute Gasteiger partial charge is 0.388 e. The van der Waals surface area contributed by atoms with Crippen LogP contribution in [0.15, 0.2) is 87.2 Å². The number of hydrogen-bond donors (Lipinski definition) is 2. The van der Waals surface area contributed by atoms with E-state index >= 15 is 0 Å². The van der Waals surface area contributed by atoms with Crippen LogP contribution in [0.2, 0.25) is 0 Å². The fourth-order valence-corrected chi connectivity index (χ4v) is 5.02. The van der Waals surface area contributed by atoms with Gasteiger partial charge in [-0.25, -0.2) is 5.01 Å². The van der Waals surface area contributed by atoms with Gasteiger partial charge in [0, 0.05) is 33.7 Å². The van der Waals surface area contributed by atoms with Crippen molar-refractivity contribution >= 4 is 58.9 Å². The van der Waals surface area contributed by atoms with Gasteiger partial charge in [-0.05, 0) is 107 Å². The van der Waals surface area contributed by atoms with Crippen molar-refractivity contribution in [1.29, 1.82) is 0 Å². The predicted molar refractivity (Wildman–Crippen MR) is 175 cm³/mol. The number of rotatable bonds is 8. The molecule has 0 amide bonds. The molecule has 0 heterocycles. The molecule has 0 saturated heterocycles. The number of hydrazone groups is 1. The molecule has 0 unspecified atom stereocenters. The number of carbonyl (C=O) groups excluding carboxylic acids is 2. The van der Waals surface area contributed by atoms with Crippen LogP contribution in [0.1, 0.15) is 41.8 Å². The van der Waals surface area contributed by atoms with Gasteiger partial charge < -0.3 is 10.6 Å². The van der Waals surface area contributed by atoms with E-state index < -0.39 is 0 Å². The number of anilines is 2. The third-order valence-corrected chi connectivity index (χ3v) is 7.61. The normalized spacial score (nSPS) is 12.2. The lowest BCUT2D eigenvalue weighted by atomic mass is 9.89. The first-order valence-electron chi connectivity index (χ1n) is 13.0. The van der Waals surface area contributed by atoms with E-state index in [2.05, 4.69) is 71.4 Å². The Morgan fingerprint density at radius 1 is 0.925 bits per heavy atom. The molecule has 1 aliphatic rings. The number of benzene rings is 3. The van der Waals surface area contributed by atoms with Crippen LogP contribution in [0.3, 0.4) is 0 Å². The van der Waals surface area contributed by atoms with Crippen molar-refractivity contribution in [3.8, 4) is 0 Å². The Labute approximate surface area is 247 Å². The van der Waals surface area contributed by atoms with E-state index in [1.807, 2.05) is 56.7 Å². The first kappa shape index (κ1) is 32.9. The molecule has 6 nitrogen and oxygen atoms in total. The predicted octanol–water partition coefficient (Wildman–Crippen LogP) is 7.27. The quantitative estimate of drug-likeness (QED) is 0.126. The van der Waals surface area contributed by atoms with Crippen LogP contribution >= 0.6 is 23.5 Å². The number of nitrogens with zero attached hydrogens (tertiary/aromatic N) is 2. The molecule has 1 aliphatic carbocycles. The summed E-state index contributed by atoms with van der Waals surface area (Å²) in [6, 6.07) is 22.3. The number of fused-ring (bicyclic) bond motifs is 1. The van der Waals surface area contributed by atoms with E-state index in [0.29, 0.717) is 5.71 Å². The minimum absolute atomic E-state index is 0.445. The first-order chi connectivity index (χ1) is 19.4. The number of hydrogen-bond acceptors (Lipinski definition) is 8. The van der Waals surface area contributed by atoms with E-state index in [1.54, 1.807) is 30.4 Å². The summed E-state index contributed by atoms with van der Waals surface area (Å²) in [5.41, 5.74) is 8.04. The molecule has 8 heteroatoms. The fraction of sp³-hybridized carbons (Fsp3) is 0.281. The molecule has 4 rings (SSSR count). The first-order valence-corrected chi connectivity index (χ1v) is 15.4. The summed E-state index contributed by atoms with van der Waals surface area (Å²) in [4.78, 5) is 23.9. The van der Waals surface area contributed by atoms with Crippen molar-refractivity contribution in [2.75, 3.05) is 44.0 Å².